The van der Waals surface area contributed by atoms with Crippen LogP contribution in [0.15, 0.2) is 48.5 Å². The summed E-state index contributed by atoms with van der Waals surface area (Å²) in [5, 5.41) is 0. The first-order valence-corrected chi connectivity index (χ1v) is 5.95. The first-order valence-electron chi connectivity index (χ1n) is 5.95. The van der Waals surface area contributed by atoms with Crippen molar-refractivity contribution in [3.63, 3.8) is 0 Å². The summed E-state index contributed by atoms with van der Waals surface area (Å²) < 4.78 is 0. The molecule has 0 saturated heterocycles. The maximum Gasteiger partial charge on any atom is 0.131 e. The third kappa shape index (κ3) is 2.37. The van der Waals surface area contributed by atoms with E-state index in [2.05, 4.69) is 0 Å². The van der Waals surface area contributed by atoms with Crippen molar-refractivity contribution in [2.45, 2.75) is 11.8 Å². The minimum Gasteiger partial charge on any atom is -0.302 e. The van der Waals surface area contributed by atoms with E-state index < -0.39 is 0 Å². The molecular formula is C16H14Cl2O2. The number of fused-ring (bicyclic) bond motifs is 2. The summed E-state index contributed by atoms with van der Waals surface area (Å²) in [5.41, 5.74) is 3.79. The number of aldehydes is 2. The number of hydrogen-bond acceptors (Lipinski definition) is 2. The number of hydrogen-bond donors (Lipinski definition) is 0. The zero-order chi connectivity index (χ0) is 12.5. The average molecular weight is 309 g/mol. The van der Waals surface area contributed by atoms with E-state index in [9.17, 15) is 9.59 Å². The van der Waals surface area contributed by atoms with Gasteiger partial charge in [0.25, 0.3) is 0 Å². The quantitative estimate of drug-likeness (QED) is 0.796. The lowest BCUT2D eigenvalue weighted by Crippen LogP contribution is -2.19. The normalized spacial score (nSPS) is 18.6. The first-order chi connectivity index (χ1) is 8.86. The summed E-state index contributed by atoms with van der Waals surface area (Å²) in [6, 6.07) is 15.4. The van der Waals surface area contributed by atoms with Gasteiger partial charge in [-0.1, -0.05) is 48.5 Å². The van der Waals surface area contributed by atoms with Crippen molar-refractivity contribution < 1.29 is 9.59 Å². The molecule has 20 heavy (non-hydrogen) atoms. The molecule has 0 saturated carbocycles. The van der Waals surface area contributed by atoms with E-state index >= 15 is 0 Å². The lowest BCUT2D eigenvalue weighted by Gasteiger charge is -2.28. The summed E-state index contributed by atoms with van der Waals surface area (Å²) in [6.45, 7) is 0. The third-order valence-electron chi connectivity index (χ3n) is 3.60. The molecule has 0 spiro atoms. The Morgan fingerprint density at radius 2 is 0.850 bits per heavy atom. The molecule has 0 unspecified atom stereocenters. The summed E-state index contributed by atoms with van der Waals surface area (Å²) >= 11 is 0. The molecule has 104 valence electrons. The minimum atomic E-state index is -0.256. The fourth-order valence-corrected chi connectivity index (χ4v) is 2.78. The highest BCUT2D eigenvalue weighted by Crippen LogP contribution is 2.41. The lowest BCUT2D eigenvalue weighted by atomic mass is 9.73. The maximum absolute atomic E-state index is 11.4. The van der Waals surface area contributed by atoms with E-state index in [-0.39, 0.29) is 36.6 Å². The SMILES string of the molecule is Cl.Cl.O=CC1c2ccccc2C(C=O)c2ccccc21. The molecule has 1 aliphatic rings. The van der Waals surface area contributed by atoms with Crippen molar-refractivity contribution in [1.82, 2.24) is 0 Å². The molecule has 0 amide bonds. The number of carbonyl (C=O) groups is 2. The van der Waals surface area contributed by atoms with Crippen molar-refractivity contribution in [2.75, 3.05) is 0 Å². The Labute approximate surface area is 130 Å². The van der Waals surface area contributed by atoms with Crippen molar-refractivity contribution in [3.05, 3.63) is 70.8 Å². The van der Waals surface area contributed by atoms with Crippen LogP contribution in [0.5, 0.6) is 0 Å². The molecule has 2 aromatic carbocycles. The highest BCUT2D eigenvalue weighted by Gasteiger charge is 2.30. The number of benzene rings is 2. The Bertz CT molecular complexity index is 524. The van der Waals surface area contributed by atoms with Crippen LogP contribution in [-0.2, 0) is 9.59 Å². The van der Waals surface area contributed by atoms with E-state index in [0.717, 1.165) is 34.8 Å². The first kappa shape index (κ1) is 16.4. The van der Waals surface area contributed by atoms with Crippen molar-refractivity contribution in [2.24, 2.45) is 0 Å². The minimum absolute atomic E-state index is 0. The molecule has 0 fully saturated rings. The molecule has 0 aliphatic heterocycles. The summed E-state index contributed by atoms with van der Waals surface area (Å²) in [5.74, 6) is -0.512. The van der Waals surface area contributed by atoms with E-state index in [0.29, 0.717) is 0 Å². The zero-order valence-corrected chi connectivity index (χ0v) is 12.2. The highest BCUT2D eigenvalue weighted by atomic mass is 35.5. The van der Waals surface area contributed by atoms with Gasteiger partial charge in [0, 0.05) is 0 Å². The smallest absolute Gasteiger partial charge is 0.131 e. The maximum atomic E-state index is 11.4. The van der Waals surface area contributed by atoms with E-state index in [4.69, 9.17) is 0 Å². The number of halogens is 2. The van der Waals surface area contributed by atoms with Gasteiger partial charge >= 0.3 is 0 Å². The van der Waals surface area contributed by atoms with Gasteiger partial charge in [-0.25, -0.2) is 0 Å². The van der Waals surface area contributed by atoms with Crippen LogP contribution < -0.4 is 0 Å². The molecule has 4 heteroatoms. The molecule has 0 aromatic heterocycles. The van der Waals surface area contributed by atoms with Crippen LogP contribution in [0.4, 0.5) is 0 Å². The van der Waals surface area contributed by atoms with E-state index in [1.54, 1.807) is 0 Å². The van der Waals surface area contributed by atoms with Crippen LogP contribution >= 0.6 is 24.8 Å². The van der Waals surface area contributed by atoms with Gasteiger partial charge in [-0.15, -0.1) is 24.8 Å². The van der Waals surface area contributed by atoms with Gasteiger partial charge in [-0.3, -0.25) is 0 Å². The molecular weight excluding hydrogens is 295 g/mol. The second-order valence-corrected chi connectivity index (χ2v) is 4.49. The Hall–Kier alpha value is -1.64. The van der Waals surface area contributed by atoms with Gasteiger partial charge in [0.15, 0.2) is 0 Å². The van der Waals surface area contributed by atoms with Crippen LogP contribution in [0, 0.1) is 0 Å². The number of rotatable bonds is 2. The molecule has 3 rings (SSSR count). The van der Waals surface area contributed by atoms with Crippen LogP contribution in [0.3, 0.4) is 0 Å². The number of carbonyl (C=O) groups excluding carboxylic acids is 2. The fraction of sp³-hybridized carbons (Fsp3) is 0.125. The molecule has 1 aliphatic carbocycles. The monoisotopic (exact) mass is 308 g/mol. The van der Waals surface area contributed by atoms with Crippen LogP contribution in [-0.4, -0.2) is 12.6 Å². The zero-order valence-electron chi connectivity index (χ0n) is 10.6. The van der Waals surface area contributed by atoms with Gasteiger partial charge in [0.1, 0.15) is 12.6 Å². The van der Waals surface area contributed by atoms with Gasteiger partial charge < -0.3 is 9.59 Å². The fourth-order valence-electron chi connectivity index (χ4n) is 2.78. The topological polar surface area (TPSA) is 34.1 Å². The largest absolute Gasteiger partial charge is 0.302 e. The Kier molecular flexibility index (Phi) is 5.49. The predicted molar refractivity (Wildman–Crippen MR) is 83.2 cm³/mol. The Balaban J connectivity index is 0.000001000. The molecule has 0 N–H and O–H groups in total. The third-order valence-corrected chi connectivity index (χ3v) is 3.60. The van der Waals surface area contributed by atoms with Gasteiger partial charge in [-0.2, -0.15) is 0 Å². The molecule has 0 radical (unpaired) electrons. The standard InChI is InChI=1S/C16H12O2.2ClH/c17-9-15-11-5-1-2-6-12(11)16(10-18)14-8-4-3-7-13(14)15;;/h1-10,15-16H;2*1H. The van der Waals surface area contributed by atoms with Crippen LogP contribution in [0.2, 0.25) is 0 Å². The molecule has 0 bridgehead atoms. The second kappa shape index (κ2) is 6.69. The van der Waals surface area contributed by atoms with Crippen molar-refractivity contribution in [1.29, 1.82) is 0 Å². The molecule has 0 heterocycles. The second-order valence-electron chi connectivity index (χ2n) is 4.49. The van der Waals surface area contributed by atoms with E-state index in [1.165, 1.54) is 0 Å². The lowest BCUT2D eigenvalue weighted by molar-refractivity contribution is -0.109. The Morgan fingerprint density at radius 3 is 1.05 bits per heavy atom. The highest BCUT2D eigenvalue weighted by molar-refractivity contribution is 5.85. The van der Waals surface area contributed by atoms with Gasteiger partial charge in [-0.05, 0) is 22.3 Å². The Morgan fingerprint density at radius 1 is 0.600 bits per heavy atom. The summed E-state index contributed by atoms with van der Waals surface area (Å²) in [4.78, 5) is 22.8. The average Bonchev–Trinajstić information content (AvgIpc) is 2.44. The van der Waals surface area contributed by atoms with Crippen LogP contribution in [0.1, 0.15) is 34.1 Å². The molecule has 2 nitrogen and oxygen atoms in total. The van der Waals surface area contributed by atoms with Crippen molar-refractivity contribution in [3.8, 4) is 0 Å². The summed E-state index contributed by atoms with van der Waals surface area (Å²) in [7, 11) is 0. The summed E-state index contributed by atoms with van der Waals surface area (Å²) in [6.07, 6.45) is 1.91. The van der Waals surface area contributed by atoms with Gasteiger partial charge in [0.2, 0.25) is 0 Å². The van der Waals surface area contributed by atoms with Gasteiger partial charge in [0.05, 0.1) is 11.8 Å². The van der Waals surface area contributed by atoms with E-state index in [1.807, 2.05) is 48.5 Å². The van der Waals surface area contributed by atoms with Crippen molar-refractivity contribution >= 4 is 37.4 Å². The predicted octanol–water partition coefficient (Wildman–Crippen LogP) is 3.51. The molecule has 2 aromatic rings. The van der Waals surface area contributed by atoms with Crippen LogP contribution in [0.25, 0.3) is 0 Å². The molecule has 0 atom stereocenters.